The molecule has 2 rings (SSSR count). The van der Waals surface area contributed by atoms with Gasteiger partial charge in [-0.15, -0.1) is 0 Å². The zero-order chi connectivity index (χ0) is 13.1. The molecule has 0 amide bonds. The molecule has 5 heteroatoms. The Balaban J connectivity index is 2.06. The molecule has 98 valence electrons. The quantitative estimate of drug-likeness (QED) is 0.661. The van der Waals surface area contributed by atoms with Crippen LogP contribution in [0.2, 0.25) is 5.02 Å². The van der Waals surface area contributed by atoms with Crippen molar-refractivity contribution in [3.05, 3.63) is 33.3 Å². The Bertz CT molecular complexity index is 451. The van der Waals surface area contributed by atoms with Gasteiger partial charge in [0.25, 0.3) is 5.69 Å². The fourth-order valence-corrected chi connectivity index (χ4v) is 2.74. The first-order valence-electron chi connectivity index (χ1n) is 6.25. The van der Waals surface area contributed by atoms with Crippen molar-refractivity contribution in [3.63, 3.8) is 0 Å². The minimum absolute atomic E-state index is 0.0492. The van der Waals surface area contributed by atoms with E-state index in [4.69, 9.17) is 11.6 Å². The van der Waals surface area contributed by atoms with Crippen LogP contribution in [0.1, 0.15) is 26.2 Å². The van der Waals surface area contributed by atoms with Crippen LogP contribution in [-0.2, 0) is 0 Å². The molecule has 0 heterocycles. The van der Waals surface area contributed by atoms with Crippen LogP contribution in [0, 0.1) is 22.0 Å². The van der Waals surface area contributed by atoms with Gasteiger partial charge in [0.2, 0.25) is 0 Å². The van der Waals surface area contributed by atoms with Crippen LogP contribution in [0.15, 0.2) is 18.2 Å². The highest BCUT2D eigenvalue weighted by Gasteiger charge is 2.24. The summed E-state index contributed by atoms with van der Waals surface area (Å²) in [6.45, 7) is 3.04. The van der Waals surface area contributed by atoms with Gasteiger partial charge in [-0.2, -0.15) is 0 Å². The molecule has 2 unspecified atom stereocenters. The Morgan fingerprint density at radius 3 is 2.89 bits per heavy atom. The average Bonchev–Trinajstić information content (AvgIpc) is 2.73. The van der Waals surface area contributed by atoms with Crippen LogP contribution in [0.5, 0.6) is 0 Å². The molecule has 1 saturated carbocycles. The topological polar surface area (TPSA) is 55.2 Å². The van der Waals surface area contributed by atoms with E-state index in [1.165, 1.54) is 25.3 Å². The van der Waals surface area contributed by atoms with Gasteiger partial charge in [-0.05, 0) is 30.4 Å². The van der Waals surface area contributed by atoms with Gasteiger partial charge in [0, 0.05) is 17.6 Å². The van der Waals surface area contributed by atoms with E-state index in [1.54, 1.807) is 12.1 Å². The molecule has 18 heavy (non-hydrogen) atoms. The molecule has 0 saturated heterocycles. The van der Waals surface area contributed by atoms with E-state index in [-0.39, 0.29) is 5.69 Å². The predicted molar refractivity (Wildman–Crippen MR) is 73.1 cm³/mol. The van der Waals surface area contributed by atoms with Gasteiger partial charge in [0.15, 0.2) is 0 Å². The number of hydrogen-bond donors (Lipinski definition) is 1. The van der Waals surface area contributed by atoms with Gasteiger partial charge in [-0.1, -0.05) is 31.4 Å². The number of hydrogen-bond acceptors (Lipinski definition) is 3. The van der Waals surface area contributed by atoms with Crippen LogP contribution in [0.3, 0.4) is 0 Å². The summed E-state index contributed by atoms with van der Waals surface area (Å²) < 4.78 is 0. The number of rotatable bonds is 4. The summed E-state index contributed by atoms with van der Waals surface area (Å²) in [7, 11) is 0. The van der Waals surface area contributed by atoms with Crippen molar-refractivity contribution in [2.45, 2.75) is 26.2 Å². The third kappa shape index (κ3) is 2.93. The molecule has 1 aliphatic rings. The lowest BCUT2D eigenvalue weighted by molar-refractivity contribution is -0.383. The van der Waals surface area contributed by atoms with Crippen molar-refractivity contribution < 1.29 is 4.92 Å². The normalized spacial score (nSPS) is 23.0. The van der Waals surface area contributed by atoms with Crippen molar-refractivity contribution >= 4 is 23.0 Å². The second-order valence-electron chi connectivity index (χ2n) is 4.97. The molecule has 2 atom stereocenters. The first-order valence-corrected chi connectivity index (χ1v) is 6.63. The van der Waals surface area contributed by atoms with Crippen LogP contribution in [-0.4, -0.2) is 11.5 Å². The second kappa shape index (κ2) is 5.57. The van der Waals surface area contributed by atoms with E-state index in [1.807, 2.05) is 0 Å². The second-order valence-corrected chi connectivity index (χ2v) is 5.40. The first-order chi connectivity index (χ1) is 8.58. The maximum atomic E-state index is 10.9. The zero-order valence-electron chi connectivity index (χ0n) is 10.4. The smallest absolute Gasteiger partial charge is 0.293 e. The predicted octanol–water partition coefficient (Wildman–Crippen LogP) is 4.10. The van der Waals surface area contributed by atoms with E-state index in [2.05, 4.69) is 12.2 Å². The number of nitro benzene ring substituents is 1. The third-order valence-electron chi connectivity index (χ3n) is 3.75. The van der Waals surface area contributed by atoms with E-state index >= 15 is 0 Å². The minimum atomic E-state index is -0.397. The largest absolute Gasteiger partial charge is 0.379 e. The maximum Gasteiger partial charge on any atom is 0.293 e. The molecule has 0 bridgehead atoms. The summed E-state index contributed by atoms with van der Waals surface area (Å²) in [5.41, 5.74) is 0.608. The Labute approximate surface area is 111 Å². The fraction of sp³-hybridized carbons (Fsp3) is 0.538. The lowest BCUT2D eigenvalue weighted by atomic mass is 9.98. The highest BCUT2D eigenvalue weighted by atomic mass is 35.5. The minimum Gasteiger partial charge on any atom is -0.379 e. The molecule has 0 radical (unpaired) electrons. The molecule has 1 fully saturated rings. The summed E-state index contributed by atoms with van der Waals surface area (Å²) in [5.74, 6) is 1.31. The Kier molecular flexibility index (Phi) is 4.07. The molecule has 0 aromatic heterocycles. The van der Waals surface area contributed by atoms with Crippen LogP contribution < -0.4 is 5.32 Å². The van der Waals surface area contributed by atoms with E-state index in [0.29, 0.717) is 22.5 Å². The standard InChI is InChI=1S/C13H17ClN2O2/c1-9-3-2-4-10(9)8-15-12-6-5-11(14)7-13(12)16(17)18/h5-7,9-10,15H,2-4,8H2,1H3. The molecule has 1 aliphatic carbocycles. The van der Waals surface area contributed by atoms with E-state index in [9.17, 15) is 10.1 Å². The van der Waals surface area contributed by atoms with Gasteiger partial charge in [0.1, 0.15) is 5.69 Å². The van der Waals surface area contributed by atoms with Crippen molar-refractivity contribution in [2.24, 2.45) is 11.8 Å². The van der Waals surface area contributed by atoms with Gasteiger partial charge in [0.05, 0.1) is 4.92 Å². The first kappa shape index (κ1) is 13.1. The van der Waals surface area contributed by atoms with Crippen molar-refractivity contribution in [2.75, 3.05) is 11.9 Å². The van der Waals surface area contributed by atoms with Crippen molar-refractivity contribution in [1.29, 1.82) is 0 Å². The zero-order valence-corrected chi connectivity index (χ0v) is 11.1. The Morgan fingerprint density at radius 2 is 2.28 bits per heavy atom. The molecule has 1 aromatic rings. The molecule has 1 aromatic carbocycles. The maximum absolute atomic E-state index is 10.9. The summed E-state index contributed by atoms with van der Waals surface area (Å²) in [4.78, 5) is 10.5. The Hall–Kier alpha value is -1.29. The lowest BCUT2D eigenvalue weighted by Crippen LogP contribution is -2.17. The third-order valence-corrected chi connectivity index (χ3v) is 3.99. The molecule has 0 aliphatic heterocycles. The molecular weight excluding hydrogens is 252 g/mol. The van der Waals surface area contributed by atoms with Gasteiger partial charge < -0.3 is 5.32 Å². The van der Waals surface area contributed by atoms with Crippen LogP contribution >= 0.6 is 11.6 Å². The number of benzene rings is 1. The van der Waals surface area contributed by atoms with Crippen molar-refractivity contribution in [3.8, 4) is 0 Å². The average molecular weight is 269 g/mol. The molecule has 1 N–H and O–H groups in total. The fourth-order valence-electron chi connectivity index (χ4n) is 2.57. The molecular formula is C13H17ClN2O2. The number of nitrogens with zero attached hydrogens (tertiary/aromatic N) is 1. The van der Waals surface area contributed by atoms with Crippen LogP contribution in [0.25, 0.3) is 0 Å². The van der Waals surface area contributed by atoms with Gasteiger partial charge >= 0.3 is 0 Å². The summed E-state index contributed by atoms with van der Waals surface area (Å²) in [5, 5.41) is 14.5. The molecule has 0 spiro atoms. The number of anilines is 1. The van der Waals surface area contributed by atoms with Gasteiger partial charge in [-0.25, -0.2) is 0 Å². The summed E-state index contributed by atoms with van der Waals surface area (Å²) >= 11 is 5.78. The van der Waals surface area contributed by atoms with Gasteiger partial charge in [-0.3, -0.25) is 10.1 Å². The highest BCUT2D eigenvalue weighted by molar-refractivity contribution is 6.30. The lowest BCUT2D eigenvalue weighted by Gasteiger charge is -2.16. The monoisotopic (exact) mass is 268 g/mol. The Morgan fingerprint density at radius 1 is 1.50 bits per heavy atom. The number of nitrogens with one attached hydrogen (secondary N) is 1. The summed E-state index contributed by atoms with van der Waals surface area (Å²) in [6, 6.07) is 4.75. The van der Waals surface area contributed by atoms with E-state index in [0.717, 1.165) is 6.54 Å². The number of nitro groups is 1. The number of halogens is 1. The highest BCUT2D eigenvalue weighted by Crippen LogP contribution is 2.33. The van der Waals surface area contributed by atoms with Crippen LogP contribution in [0.4, 0.5) is 11.4 Å². The van der Waals surface area contributed by atoms with E-state index < -0.39 is 4.92 Å². The van der Waals surface area contributed by atoms with Crippen molar-refractivity contribution in [1.82, 2.24) is 0 Å². The molecule has 4 nitrogen and oxygen atoms in total. The SMILES string of the molecule is CC1CCCC1CNc1ccc(Cl)cc1[N+](=O)[O-]. The summed E-state index contributed by atoms with van der Waals surface area (Å²) in [6.07, 6.45) is 3.72.